The zero-order valence-corrected chi connectivity index (χ0v) is 10.3. The molecule has 1 fully saturated rings. The number of nitro groups is 1. The van der Waals surface area contributed by atoms with Crippen LogP contribution in [0.2, 0.25) is 0 Å². The van der Waals surface area contributed by atoms with Crippen LogP contribution >= 0.6 is 0 Å². The Morgan fingerprint density at radius 2 is 2.26 bits per heavy atom. The number of nitro benzene ring substituents is 1. The summed E-state index contributed by atoms with van der Waals surface area (Å²) in [7, 11) is 1.40. The Bertz CT molecular complexity index is 634. The van der Waals surface area contributed by atoms with Crippen molar-refractivity contribution in [3.8, 4) is 17.1 Å². The third-order valence-electron chi connectivity index (χ3n) is 3.10. The van der Waals surface area contributed by atoms with Crippen LogP contribution in [0.1, 0.15) is 24.6 Å². The average Bonchev–Trinajstić information content (AvgIpc) is 3.16. The van der Waals surface area contributed by atoms with Crippen LogP contribution in [0.3, 0.4) is 0 Å². The molecule has 1 aliphatic rings. The summed E-state index contributed by atoms with van der Waals surface area (Å²) in [6.07, 6.45) is 2.24. The molecular formula is C12H12N4O3. The van der Waals surface area contributed by atoms with Crippen molar-refractivity contribution in [3.63, 3.8) is 0 Å². The van der Waals surface area contributed by atoms with Crippen molar-refractivity contribution in [3.05, 3.63) is 34.1 Å². The molecule has 0 spiro atoms. The number of aromatic nitrogens is 3. The largest absolute Gasteiger partial charge is 0.490 e. The number of hydrogen-bond acceptors (Lipinski definition) is 5. The van der Waals surface area contributed by atoms with E-state index in [2.05, 4.69) is 15.2 Å². The minimum Gasteiger partial charge on any atom is -0.490 e. The second-order valence-electron chi connectivity index (χ2n) is 4.46. The van der Waals surface area contributed by atoms with Crippen molar-refractivity contribution in [1.82, 2.24) is 15.2 Å². The van der Waals surface area contributed by atoms with Crippen molar-refractivity contribution in [2.24, 2.45) is 0 Å². The Labute approximate surface area is 108 Å². The van der Waals surface area contributed by atoms with Crippen LogP contribution in [0.4, 0.5) is 5.69 Å². The van der Waals surface area contributed by atoms with Gasteiger partial charge >= 0.3 is 5.69 Å². The smallest absolute Gasteiger partial charge is 0.311 e. The molecule has 0 bridgehead atoms. The van der Waals surface area contributed by atoms with Gasteiger partial charge in [0.05, 0.1) is 12.0 Å². The minimum absolute atomic E-state index is 0.0854. The molecule has 1 aromatic heterocycles. The van der Waals surface area contributed by atoms with Crippen molar-refractivity contribution < 1.29 is 9.66 Å². The molecule has 0 unspecified atom stereocenters. The summed E-state index contributed by atoms with van der Waals surface area (Å²) in [6, 6.07) is 4.70. The molecular weight excluding hydrogens is 248 g/mol. The van der Waals surface area contributed by atoms with Crippen LogP contribution in [0.5, 0.6) is 5.75 Å². The summed E-state index contributed by atoms with van der Waals surface area (Å²) >= 11 is 0. The minimum atomic E-state index is -0.475. The molecule has 7 heteroatoms. The van der Waals surface area contributed by atoms with Gasteiger partial charge < -0.3 is 4.74 Å². The first-order chi connectivity index (χ1) is 9.19. The van der Waals surface area contributed by atoms with Crippen molar-refractivity contribution in [1.29, 1.82) is 0 Å². The van der Waals surface area contributed by atoms with Crippen LogP contribution in [0.25, 0.3) is 11.4 Å². The Morgan fingerprint density at radius 3 is 2.89 bits per heavy atom. The number of rotatable bonds is 4. The number of hydrogen-bond donors (Lipinski definition) is 1. The molecule has 7 nitrogen and oxygen atoms in total. The highest BCUT2D eigenvalue weighted by Crippen LogP contribution is 2.38. The number of H-pyrrole nitrogens is 1. The van der Waals surface area contributed by atoms with Crippen molar-refractivity contribution in [2.75, 3.05) is 7.11 Å². The molecule has 19 heavy (non-hydrogen) atoms. The van der Waals surface area contributed by atoms with E-state index >= 15 is 0 Å². The summed E-state index contributed by atoms with van der Waals surface area (Å²) in [5, 5.41) is 17.9. The second kappa shape index (κ2) is 4.34. The number of nitrogens with zero attached hydrogens (tertiary/aromatic N) is 3. The maximum atomic E-state index is 11.0. The number of aromatic amines is 1. The van der Waals surface area contributed by atoms with Crippen LogP contribution in [0.15, 0.2) is 18.2 Å². The summed E-state index contributed by atoms with van der Waals surface area (Å²) in [5.74, 6) is 2.03. The standard InChI is InChI=1S/C12H12N4O3/c1-19-10-5-4-8(6-9(10)16(17)18)12-13-11(14-15-12)7-2-3-7/h4-7H,2-3H2,1H3,(H,13,14,15). The van der Waals surface area contributed by atoms with Crippen LogP contribution in [0, 0.1) is 10.1 Å². The lowest BCUT2D eigenvalue weighted by molar-refractivity contribution is -0.385. The van der Waals surface area contributed by atoms with Gasteiger partial charge in [0.25, 0.3) is 0 Å². The van der Waals surface area contributed by atoms with Crippen LogP contribution in [-0.2, 0) is 0 Å². The van der Waals surface area contributed by atoms with E-state index in [0.717, 1.165) is 18.7 Å². The van der Waals surface area contributed by atoms with Gasteiger partial charge in [-0.1, -0.05) is 0 Å². The first kappa shape index (κ1) is 11.6. The molecule has 0 atom stereocenters. The summed E-state index contributed by atoms with van der Waals surface area (Å²) in [6.45, 7) is 0. The Balaban J connectivity index is 1.99. The first-order valence-corrected chi connectivity index (χ1v) is 5.94. The van der Waals surface area contributed by atoms with Gasteiger partial charge in [0.2, 0.25) is 0 Å². The summed E-state index contributed by atoms with van der Waals surface area (Å²) in [4.78, 5) is 14.9. The number of nitrogens with one attached hydrogen (secondary N) is 1. The molecule has 2 aromatic rings. The van der Waals surface area contributed by atoms with Crippen molar-refractivity contribution >= 4 is 5.69 Å². The highest BCUT2D eigenvalue weighted by atomic mass is 16.6. The molecule has 0 radical (unpaired) electrons. The van der Waals surface area contributed by atoms with Gasteiger partial charge in [-0.25, -0.2) is 4.98 Å². The quantitative estimate of drug-likeness (QED) is 0.672. The van der Waals surface area contributed by atoms with Gasteiger partial charge in [0.15, 0.2) is 11.6 Å². The molecule has 1 heterocycles. The fraction of sp³-hybridized carbons (Fsp3) is 0.333. The Morgan fingerprint density at radius 1 is 1.47 bits per heavy atom. The molecule has 0 saturated heterocycles. The van der Waals surface area contributed by atoms with Crippen LogP contribution < -0.4 is 4.74 Å². The second-order valence-corrected chi connectivity index (χ2v) is 4.46. The third kappa shape index (κ3) is 2.14. The van der Waals surface area contributed by atoms with E-state index in [1.807, 2.05) is 0 Å². The predicted molar refractivity (Wildman–Crippen MR) is 67.0 cm³/mol. The van der Waals surface area contributed by atoms with E-state index in [-0.39, 0.29) is 11.4 Å². The van der Waals surface area contributed by atoms with Crippen molar-refractivity contribution in [2.45, 2.75) is 18.8 Å². The van der Waals surface area contributed by atoms with Gasteiger partial charge in [-0.2, -0.15) is 5.10 Å². The molecule has 1 N–H and O–H groups in total. The lowest BCUT2D eigenvalue weighted by Crippen LogP contribution is -1.94. The summed E-state index contributed by atoms with van der Waals surface area (Å²) in [5.41, 5.74) is 0.522. The van der Waals surface area contributed by atoms with E-state index in [0.29, 0.717) is 17.3 Å². The maximum absolute atomic E-state index is 11.0. The lowest BCUT2D eigenvalue weighted by atomic mass is 10.2. The van der Waals surface area contributed by atoms with Crippen LogP contribution in [-0.4, -0.2) is 27.2 Å². The molecule has 1 aliphatic carbocycles. The Kier molecular flexibility index (Phi) is 2.66. The average molecular weight is 260 g/mol. The zero-order valence-electron chi connectivity index (χ0n) is 10.3. The fourth-order valence-electron chi connectivity index (χ4n) is 1.91. The third-order valence-corrected chi connectivity index (χ3v) is 3.10. The van der Waals surface area contributed by atoms with E-state index in [9.17, 15) is 10.1 Å². The normalized spacial score (nSPS) is 14.4. The topological polar surface area (TPSA) is 93.9 Å². The van der Waals surface area contributed by atoms with E-state index < -0.39 is 4.92 Å². The SMILES string of the molecule is COc1ccc(-c2n[nH]c(C3CC3)n2)cc1[N+](=O)[O-]. The molecule has 1 aromatic carbocycles. The highest BCUT2D eigenvalue weighted by molar-refractivity contribution is 5.63. The molecule has 3 rings (SSSR count). The van der Waals surface area contributed by atoms with Gasteiger partial charge in [-0.15, -0.1) is 0 Å². The first-order valence-electron chi connectivity index (χ1n) is 5.94. The predicted octanol–water partition coefficient (Wildman–Crippen LogP) is 2.27. The maximum Gasteiger partial charge on any atom is 0.311 e. The number of ether oxygens (including phenoxy) is 1. The zero-order chi connectivity index (χ0) is 13.4. The summed E-state index contributed by atoms with van der Waals surface area (Å²) < 4.78 is 4.96. The number of methoxy groups -OCH3 is 1. The monoisotopic (exact) mass is 260 g/mol. The van der Waals surface area contributed by atoms with Gasteiger partial charge in [-0.3, -0.25) is 15.2 Å². The number of benzene rings is 1. The molecule has 0 aliphatic heterocycles. The lowest BCUT2D eigenvalue weighted by Gasteiger charge is -2.02. The van der Waals surface area contributed by atoms with E-state index in [1.165, 1.54) is 13.2 Å². The molecule has 0 amide bonds. The fourth-order valence-corrected chi connectivity index (χ4v) is 1.91. The van der Waals surface area contributed by atoms with E-state index in [4.69, 9.17) is 4.74 Å². The van der Waals surface area contributed by atoms with Gasteiger partial charge in [0.1, 0.15) is 5.82 Å². The highest BCUT2D eigenvalue weighted by Gasteiger charge is 2.27. The molecule has 98 valence electrons. The molecule has 1 saturated carbocycles. The van der Waals surface area contributed by atoms with Gasteiger partial charge in [-0.05, 0) is 25.0 Å². The van der Waals surface area contributed by atoms with Gasteiger partial charge in [0, 0.05) is 17.5 Å². The Hall–Kier alpha value is -2.44. The van der Waals surface area contributed by atoms with E-state index in [1.54, 1.807) is 12.1 Å².